The number of hydrogen-bond acceptors (Lipinski definition) is 5. The topological polar surface area (TPSA) is 95.4 Å². The predicted molar refractivity (Wildman–Crippen MR) is 44.4 cm³/mol. The van der Waals surface area contributed by atoms with Gasteiger partial charge in [-0.25, -0.2) is 4.79 Å². The van der Waals surface area contributed by atoms with Crippen molar-refractivity contribution in [3.63, 3.8) is 0 Å². The van der Waals surface area contributed by atoms with Gasteiger partial charge in [-0.15, -0.1) is 0 Å². The molecule has 0 radical (unpaired) electrons. The van der Waals surface area contributed by atoms with E-state index in [1.807, 2.05) is 0 Å². The third-order valence-corrected chi connectivity index (χ3v) is 1.36. The molecule has 0 unspecified atom stereocenters. The molecule has 0 aromatic carbocycles. The van der Waals surface area contributed by atoms with E-state index in [2.05, 4.69) is 14.9 Å². The summed E-state index contributed by atoms with van der Waals surface area (Å²) in [6.45, 7) is 1.94. The van der Waals surface area contributed by atoms with Gasteiger partial charge in [0.05, 0.1) is 12.2 Å². The highest BCUT2D eigenvalue weighted by atomic mass is 16.5. The Morgan fingerprint density at radius 3 is 2.92 bits per heavy atom. The van der Waals surface area contributed by atoms with Crippen LogP contribution in [0.15, 0.2) is 6.07 Å². The molecule has 13 heavy (non-hydrogen) atoms. The molecule has 0 saturated carbocycles. The Hall–Kier alpha value is -1.34. The van der Waals surface area contributed by atoms with Crippen LogP contribution >= 0.6 is 0 Å². The summed E-state index contributed by atoms with van der Waals surface area (Å²) in [6, 6.07) is 1.22. The third-order valence-electron chi connectivity index (χ3n) is 1.36. The van der Waals surface area contributed by atoms with Crippen molar-refractivity contribution in [1.29, 1.82) is 0 Å². The van der Waals surface area contributed by atoms with Crippen LogP contribution in [0, 0.1) is 0 Å². The fourth-order valence-corrected chi connectivity index (χ4v) is 0.783. The van der Waals surface area contributed by atoms with E-state index < -0.39 is 13.1 Å². The summed E-state index contributed by atoms with van der Waals surface area (Å²) in [5.74, 6) is -0.568. The highest BCUT2D eigenvalue weighted by molar-refractivity contribution is 6.57. The Morgan fingerprint density at radius 2 is 2.46 bits per heavy atom. The van der Waals surface area contributed by atoms with Crippen molar-refractivity contribution >= 4 is 18.7 Å². The predicted octanol–water partition coefficient (Wildman–Crippen LogP) is -1.73. The molecule has 0 aliphatic rings. The van der Waals surface area contributed by atoms with Crippen LogP contribution in [0.25, 0.3) is 0 Å². The summed E-state index contributed by atoms with van der Waals surface area (Å²) in [5.41, 5.74) is 0.0907. The smallest absolute Gasteiger partial charge is 0.461 e. The lowest BCUT2D eigenvalue weighted by Crippen LogP contribution is -2.30. The molecule has 1 aromatic rings. The highest BCUT2D eigenvalue weighted by Gasteiger charge is 2.18. The number of carbonyl (C=O) groups is 1. The zero-order valence-corrected chi connectivity index (χ0v) is 7.02. The van der Waals surface area contributed by atoms with E-state index in [1.54, 1.807) is 6.92 Å². The molecule has 3 N–H and O–H groups in total. The van der Waals surface area contributed by atoms with Crippen molar-refractivity contribution in [3.05, 3.63) is 11.8 Å². The molecule has 70 valence electrons. The van der Waals surface area contributed by atoms with Crippen LogP contribution in [0.2, 0.25) is 0 Å². The van der Waals surface area contributed by atoms with E-state index in [-0.39, 0.29) is 17.9 Å². The van der Waals surface area contributed by atoms with Gasteiger partial charge in [0.15, 0.2) is 0 Å². The van der Waals surface area contributed by atoms with Gasteiger partial charge < -0.3 is 14.8 Å². The number of carbonyl (C=O) groups excluding carboxylic acids is 1. The third kappa shape index (κ3) is 2.30. The van der Waals surface area contributed by atoms with Crippen LogP contribution < -0.4 is 5.59 Å². The fraction of sp³-hybridized carbons (Fsp3) is 0.333. The van der Waals surface area contributed by atoms with Gasteiger partial charge in [0.2, 0.25) is 0 Å². The van der Waals surface area contributed by atoms with Crippen molar-refractivity contribution in [3.8, 4) is 0 Å². The van der Waals surface area contributed by atoms with Crippen LogP contribution in [0.3, 0.4) is 0 Å². The lowest BCUT2D eigenvalue weighted by Gasteiger charge is -1.95. The number of aromatic amines is 1. The number of nitrogens with zero attached hydrogens (tertiary/aromatic N) is 1. The molecule has 1 rings (SSSR count). The number of rotatable bonds is 3. The van der Waals surface area contributed by atoms with Crippen molar-refractivity contribution in [1.82, 2.24) is 10.2 Å². The number of H-pyrrole nitrogens is 1. The first kappa shape index (κ1) is 9.75. The zero-order valence-electron chi connectivity index (χ0n) is 7.02. The Kier molecular flexibility index (Phi) is 3.05. The highest BCUT2D eigenvalue weighted by Crippen LogP contribution is 1.94. The van der Waals surface area contributed by atoms with Crippen molar-refractivity contribution in [2.45, 2.75) is 6.92 Å². The van der Waals surface area contributed by atoms with Gasteiger partial charge in [-0.05, 0) is 13.0 Å². The van der Waals surface area contributed by atoms with Crippen molar-refractivity contribution in [2.24, 2.45) is 0 Å². The number of aromatic nitrogens is 2. The molecule has 7 heteroatoms. The maximum Gasteiger partial charge on any atom is 0.510 e. The molecule has 0 aliphatic carbocycles. The van der Waals surface area contributed by atoms with Gasteiger partial charge in [0.1, 0.15) is 5.69 Å². The second-order valence-corrected chi connectivity index (χ2v) is 2.30. The van der Waals surface area contributed by atoms with Gasteiger partial charge in [-0.3, -0.25) is 5.10 Å². The molecule has 0 fully saturated rings. The van der Waals surface area contributed by atoms with Crippen molar-refractivity contribution < 1.29 is 19.6 Å². The monoisotopic (exact) mass is 184 g/mol. The number of ether oxygens (including phenoxy) is 1. The number of hydrogen-bond donors (Lipinski definition) is 3. The van der Waals surface area contributed by atoms with E-state index >= 15 is 0 Å². The largest absolute Gasteiger partial charge is 0.510 e. The second kappa shape index (κ2) is 4.06. The second-order valence-electron chi connectivity index (χ2n) is 2.30. The summed E-state index contributed by atoms with van der Waals surface area (Å²) in [6.07, 6.45) is 0. The molecule has 0 aliphatic heterocycles. The van der Waals surface area contributed by atoms with Crippen LogP contribution in [-0.2, 0) is 4.74 Å². The molecular formula is C6H9BN2O4. The Balaban J connectivity index is 2.73. The van der Waals surface area contributed by atoms with E-state index in [9.17, 15) is 4.79 Å². The Labute approximate surface area is 74.7 Å². The molecule has 0 atom stereocenters. The average Bonchev–Trinajstić information content (AvgIpc) is 2.52. The normalized spacial score (nSPS) is 9.77. The minimum Gasteiger partial charge on any atom is -0.461 e. The standard InChI is InChI=1S/C6H9BN2O4/c1-2-13-6(10)4-3-5(7(11)12)9-8-4/h3,11-12H,2H2,1H3,(H,8,9). The molecule has 1 heterocycles. The first-order valence-electron chi connectivity index (χ1n) is 3.73. The lowest BCUT2D eigenvalue weighted by molar-refractivity contribution is 0.0519. The van der Waals surface area contributed by atoms with Gasteiger partial charge in [0.25, 0.3) is 0 Å². The molecule has 0 saturated heterocycles. The van der Waals surface area contributed by atoms with E-state index in [4.69, 9.17) is 10.0 Å². The summed E-state index contributed by atoms with van der Waals surface area (Å²) in [5, 5.41) is 23.2. The number of esters is 1. The molecule has 6 nitrogen and oxygen atoms in total. The SMILES string of the molecule is CCOC(=O)c1cc(B(O)O)n[nH]1. The molecule has 0 amide bonds. The van der Waals surface area contributed by atoms with E-state index in [0.29, 0.717) is 0 Å². The Morgan fingerprint density at radius 1 is 1.77 bits per heavy atom. The first-order chi connectivity index (χ1) is 6.15. The van der Waals surface area contributed by atoms with Crippen LogP contribution in [0.4, 0.5) is 0 Å². The summed E-state index contributed by atoms with van der Waals surface area (Å²) >= 11 is 0. The maximum absolute atomic E-state index is 11.0. The summed E-state index contributed by atoms with van der Waals surface area (Å²) < 4.78 is 4.65. The fourth-order valence-electron chi connectivity index (χ4n) is 0.783. The molecule has 0 spiro atoms. The van der Waals surface area contributed by atoms with E-state index in [0.717, 1.165) is 0 Å². The van der Waals surface area contributed by atoms with Crippen LogP contribution in [0.5, 0.6) is 0 Å². The van der Waals surface area contributed by atoms with E-state index in [1.165, 1.54) is 6.07 Å². The first-order valence-corrected chi connectivity index (χ1v) is 3.73. The Bertz CT molecular complexity index is 299. The molecule has 1 aromatic heterocycles. The van der Waals surface area contributed by atoms with Gasteiger partial charge in [0, 0.05) is 0 Å². The van der Waals surface area contributed by atoms with Crippen LogP contribution in [-0.4, -0.2) is 39.9 Å². The van der Waals surface area contributed by atoms with Crippen molar-refractivity contribution in [2.75, 3.05) is 6.61 Å². The summed E-state index contributed by atoms with van der Waals surface area (Å²) in [7, 11) is -1.68. The van der Waals surface area contributed by atoms with Gasteiger partial charge >= 0.3 is 13.1 Å². The quantitative estimate of drug-likeness (QED) is 0.383. The molecular weight excluding hydrogens is 175 g/mol. The zero-order chi connectivity index (χ0) is 9.84. The van der Waals surface area contributed by atoms with Crippen LogP contribution in [0.1, 0.15) is 17.4 Å². The minimum absolute atomic E-state index is 0.0111. The minimum atomic E-state index is -1.68. The van der Waals surface area contributed by atoms with Gasteiger partial charge in [-0.1, -0.05) is 0 Å². The molecule has 0 bridgehead atoms. The lowest BCUT2D eigenvalue weighted by atomic mass is 9.86. The summed E-state index contributed by atoms with van der Waals surface area (Å²) in [4.78, 5) is 11.0. The number of nitrogens with one attached hydrogen (secondary N) is 1. The maximum atomic E-state index is 11.0. The van der Waals surface area contributed by atoms with Gasteiger partial charge in [-0.2, -0.15) is 5.10 Å². The average molecular weight is 184 g/mol.